The minimum atomic E-state index is -0.429. The van der Waals surface area contributed by atoms with E-state index < -0.39 is 5.91 Å². The molecule has 0 atom stereocenters. The van der Waals surface area contributed by atoms with E-state index in [1.165, 1.54) is 12.1 Å². The third kappa shape index (κ3) is 4.36. The van der Waals surface area contributed by atoms with Gasteiger partial charge in [-0.1, -0.05) is 30.5 Å². The summed E-state index contributed by atoms with van der Waals surface area (Å²) >= 11 is 1.08. The van der Waals surface area contributed by atoms with Crippen LogP contribution in [0.3, 0.4) is 0 Å². The Morgan fingerprint density at radius 1 is 1.32 bits per heavy atom. The topological polar surface area (TPSA) is 70.9 Å². The molecule has 0 aromatic heterocycles. The molecule has 2 amide bonds. The summed E-state index contributed by atoms with van der Waals surface area (Å²) in [4.78, 5) is 31.1. The SMILES string of the molecule is C=C1C(=O)N=C(SCC(=O)NCc2ccc(F)cc2)N=C1C. The van der Waals surface area contributed by atoms with Crippen LogP contribution in [0.1, 0.15) is 12.5 Å². The number of thioether (sulfide) groups is 1. The van der Waals surface area contributed by atoms with Crippen molar-refractivity contribution in [1.82, 2.24) is 5.32 Å². The lowest BCUT2D eigenvalue weighted by molar-refractivity contribution is -0.118. The van der Waals surface area contributed by atoms with Gasteiger partial charge in [0, 0.05) is 6.54 Å². The van der Waals surface area contributed by atoms with Crippen molar-refractivity contribution in [2.24, 2.45) is 9.98 Å². The lowest BCUT2D eigenvalue weighted by Crippen LogP contribution is -2.25. The molecule has 0 radical (unpaired) electrons. The van der Waals surface area contributed by atoms with Gasteiger partial charge in [0.25, 0.3) is 5.91 Å². The Morgan fingerprint density at radius 3 is 2.64 bits per heavy atom. The summed E-state index contributed by atoms with van der Waals surface area (Å²) in [5, 5.41) is 2.96. The van der Waals surface area contributed by atoms with Gasteiger partial charge in [0.05, 0.1) is 17.0 Å². The van der Waals surface area contributed by atoms with Crippen molar-refractivity contribution in [1.29, 1.82) is 0 Å². The second-order valence-corrected chi connectivity index (χ2v) is 5.51. The lowest BCUT2D eigenvalue weighted by atomic mass is 10.2. The van der Waals surface area contributed by atoms with Gasteiger partial charge in [-0.2, -0.15) is 4.99 Å². The summed E-state index contributed by atoms with van der Waals surface area (Å²) in [6.07, 6.45) is 0. The van der Waals surface area contributed by atoms with Gasteiger partial charge in [0.1, 0.15) is 5.82 Å². The van der Waals surface area contributed by atoms with Crippen LogP contribution in [0.2, 0.25) is 0 Å². The second-order valence-electron chi connectivity index (χ2n) is 4.57. The molecule has 22 heavy (non-hydrogen) atoms. The zero-order chi connectivity index (χ0) is 16.1. The van der Waals surface area contributed by atoms with Crippen LogP contribution in [-0.4, -0.2) is 28.4 Å². The number of carbonyl (C=O) groups is 2. The smallest absolute Gasteiger partial charge is 0.280 e. The average molecular weight is 319 g/mol. The maximum absolute atomic E-state index is 12.8. The Labute approximate surface area is 131 Å². The maximum atomic E-state index is 12.8. The minimum Gasteiger partial charge on any atom is -0.351 e. The van der Waals surface area contributed by atoms with Gasteiger partial charge in [-0.15, -0.1) is 0 Å². The number of rotatable bonds is 4. The van der Waals surface area contributed by atoms with E-state index in [-0.39, 0.29) is 28.2 Å². The molecular formula is C15H14FN3O2S. The van der Waals surface area contributed by atoms with Gasteiger partial charge < -0.3 is 5.32 Å². The third-order valence-corrected chi connectivity index (χ3v) is 3.74. The molecule has 1 heterocycles. The van der Waals surface area contributed by atoms with Crippen molar-refractivity contribution in [3.63, 3.8) is 0 Å². The number of nitrogens with zero attached hydrogens (tertiary/aromatic N) is 2. The largest absolute Gasteiger partial charge is 0.351 e. The Morgan fingerprint density at radius 2 is 2.00 bits per heavy atom. The van der Waals surface area contributed by atoms with E-state index in [1.54, 1.807) is 19.1 Å². The van der Waals surface area contributed by atoms with E-state index in [2.05, 4.69) is 21.9 Å². The molecule has 0 saturated heterocycles. The van der Waals surface area contributed by atoms with E-state index in [9.17, 15) is 14.0 Å². The number of amides is 2. The van der Waals surface area contributed by atoms with E-state index >= 15 is 0 Å². The maximum Gasteiger partial charge on any atom is 0.280 e. The van der Waals surface area contributed by atoms with Gasteiger partial charge in [0.15, 0.2) is 5.17 Å². The van der Waals surface area contributed by atoms with Crippen LogP contribution >= 0.6 is 11.8 Å². The van der Waals surface area contributed by atoms with Crippen molar-refractivity contribution >= 4 is 34.5 Å². The highest BCUT2D eigenvalue weighted by atomic mass is 32.2. The van der Waals surface area contributed by atoms with Gasteiger partial charge in [-0.25, -0.2) is 9.38 Å². The van der Waals surface area contributed by atoms with Crippen molar-refractivity contribution in [3.8, 4) is 0 Å². The number of halogens is 1. The monoisotopic (exact) mass is 319 g/mol. The number of benzene rings is 1. The molecule has 5 nitrogen and oxygen atoms in total. The van der Waals surface area contributed by atoms with Gasteiger partial charge in [-0.3, -0.25) is 9.59 Å². The third-order valence-electron chi connectivity index (χ3n) is 2.89. The van der Waals surface area contributed by atoms with Crippen molar-refractivity contribution in [3.05, 3.63) is 47.8 Å². The van der Waals surface area contributed by atoms with Crippen LogP contribution in [0.5, 0.6) is 0 Å². The highest BCUT2D eigenvalue weighted by molar-refractivity contribution is 8.14. The van der Waals surface area contributed by atoms with Crippen LogP contribution < -0.4 is 5.32 Å². The van der Waals surface area contributed by atoms with Gasteiger partial charge >= 0.3 is 0 Å². The van der Waals surface area contributed by atoms with Crippen LogP contribution in [0.4, 0.5) is 4.39 Å². The summed E-state index contributed by atoms with van der Waals surface area (Å²) in [5.74, 6) is -0.875. The molecular weight excluding hydrogens is 305 g/mol. The number of aliphatic imine (C=N–C) groups is 2. The van der Waals surface area contributed by atoms with Crippen LogP contribution in [0.25, 0.3) is 0 Å². The molecule has 1 aliphatic heterocycles. The first-order valence-electron chi connectivity index (χ1n) is 6.47. The Kier molecular flexibility index (Phi) is 5.21. The molecule has 114 valence electrons. The van der Waals surface area contributed by atoms with E-state index in [0.29, 0.717) is 12.3 Å². The molecule has 2 rings (SSSR count). The van der Waals surface area contributed by atoms with Crippen LogP contribution in [0, 0.1) is 5.82 Å². The second kappa shape index (κ2) is 7.13. The number of nitrogens with one attached hydrogen (secondary N) is 1. The Hall–Kier alpha value is -2.28. The Balaban J connectivity index is 1.81. The predicted octanol–water partition coefficient (Wildman–Crippen LogP) is 2.09. The van der Waals surface area contributed by atoms with Gasteiger partial charge in [-0.05, 0) is 24.6 Å². The molecule has 1 aromatic rings. The average Bonchev–Trinajstić information content (AvgIpc) is 2.50. The van der Waals surface area contributed by atoms with Crippen LogP contribution in [0.15, 0.2) is 46.4 Å². The molecule has 1 aromatic carbocycles. The van der Waals surface area contributed by atoms with E-state index in [0.717, 1.165) is 17.3 Å². The number of hydrogen-bond acceptors (Lipinski definition) is 4. The lowest BCUT2D eigenvalue weighted by Gasteiger charge is -2.09. The first-order valence-corrected chi connectivity index (χ1v) is 7.46. The van der Waals surface area contributed by atoms with E-state index in [1.807, 2.05) is 0 Å². The first kappa shape index (κ1) is 16.1. The molecule has 0 unspecified atom stereocenters. The molecule has 0 fully saturated rings. The molecule has 7 heteroatoms. The minimum absolute atomic E-state index is 0.0938. The highest BCUT2D eigenvalue weighted by Gasteiger charge is 2.17. The van der Waals surface area contributed by atoms with Crippen molar-refractivity contribution in [2.75, 3.05) is 5.75 Å². The molecule has 0 aliphatic carbocycles. The molecule has 1 aliphatic rings. The molecule has 0 spiro atoms. The fraction of sp³-hybridized carbons (Fsp3) is 0.200. The summed E-state index contributed by atoms with van der Waals surface area (Å²) in [6.45, 7) is 5.55. The summed E-state index contributed by atoms with van der Waals surface area (Å²) in [5.41, 5.74) is 1.58. The number of hydrogen-bond donors (Lipinski definition) is 1. The number of amidine groups is 1. The van der Waals surface area contributed by atoms with Crippen molar-refractivity contribution < 1.29 is 14.0 Å². The fourth-order valence-corrected chi connectivity index (χ4v) is 2.30. The predicted molar refractivity (Wildman–Crippen MR) is 85.4 cm³/mol. The summed E-state index contributed by atoms with van der Waals surface area (Å²) < 4.78 is 12.8. The molecule has 0 bridgehead atoms. The first-order chi connectivity index (χ1) is 10.5. The van der Waals surface area contributed by atoms with Gasteiger partial charge in [0.2, 0.25) is 5.91 Å². The summed E-state index contributed by atoms with van der Waals surface area (Å²) in [7, 11) is 0. The zero-order valence-corrected chi connectivity index (χ0v) is 12.7. The zero-order valence-electron chi connectivity index (χ0n) is 11.9. The molecule has 1 N–H and O–H groups in total. The fourth-order valence-electron chi connectivity index (χ4n) is 1.59. The molecule has 0 saturated carbocycles. The Bertz CT molecular complexity index is 681. The van der Waals surface area contributed by atoms with Crippen LogP contribution in [-0.2, 0) is 16.1 Å². The number of carbonyl (C=O) groups excluding carboxylic acids is 2. The standard InChI is InChI=1S/C15H14FN3O2S/c1-9-10(2)18-15(19-14(9)21)22-8-13(20)17-7-11-3-5-12(16)6-4-11/h3-6H,1,7-8H2,2H3,(H,17,20). The quantitative estimate of drug-likeness (QED) is 0.864. The highest BCUT2D eigenvalue weighted by Crippen LogP contribution is 2.14. The van der Waals surface area contributed by atoms with Crippen molar-refractivity contribution in [2.45, 2.75) is 13.5 Å². The normalized spacial score (nSPS) is 14.5. The van der Waals surface area contributed by atoms with E-state index in [4.69, 9.17) is 0 Å². The summed E-state index contributed by atoms with van der Waals surface area (Å²) in [6, 6.07) is 5.88.